The van der Waals surface area contributed by atoms with Crippen LogP contribution >= 0.6 is 0 Å². The molecule has 0 radical (unpaired) electrons. The van der Waals surface area contributed by atoms with Gasteiger partial charge in [0.05, 0.1) is 5.39 Å². The molecule has 2 aromatic heterocycles. The number of nitrogens with zero attached hydrogens (tertiary/aromatic N) is 3. The van der Waals surface area contributed by atoms with Crippen molar-refractivity contribution in [2.24, 2.45) is 0 Å². The molecule has 0 saturated carbocycles. The van der Waals surface area contributed by atoms with E-state index in [-0.39, 0.29) is 0 Å². The minimum absolute atomic E-state index is 0.405. The molecule has 9 rings (SSSR count). The highest BCUT2D eigenvalue weighted by atomic mass is 16.4. The molecule has 51 heavy (non-hydrogen) atoms. The summed E-state index contributed by atoms with van der Waals surface area (Å²) in [5, 5.41) is 2.04. The molecule has 0 unspecified atom stereocenters. The van der Waals surface area contributed by atoms with Crippen LogP contribution in [0, 0.1) is 0 Å². The fraction of sp³-hybridized carbons (Fsp3) is 0. The maximum Gasteiger partial charge on any atom is 0.344 e. The molecule has 0 spiro atoms. The van der Waals surface area contributed by atoms with Crippen molar-refractivity contribution in [3.8, 4) is 67.5 Å². The van der Waals surface area contributed by atoms with Crippen LogP contribution in [0.5, 0.6) is 0 Å². The van der Waals surface area contributed by atoms with E-state index in [2.05, 4.69) is 72.8 Å². The number of hydrogen-bond acceptors (Lipinski definition) is 5. The van der Waals surface area contributed by atoms with Gasteiger partial charge in [0.1, 0.15) is 5.58 Å². The summed E-state index contributed by atoms with van der Waals surface area (Å²) < 4.78 is 6.13. The third-order valence-corrected chi connectivity index (χ3v) is 9.16. The van der Waals surface area contributed by atoms with Crippen LogP contribution in [0.1, 0.15) is 0 Å². The van der Waals surface area contributed by atoms with Crippen LogP contribution in [0.25, 0.3) is 89.3 Å². The first kappa shape index (κ1) is 30.1. The highest BCUT2D eigenvalue weighted by Crippen LogP contribution is 2.36. The first-order valence-electron chi connectivity index (χ1n) is 16.8. The van der Waals surface area contributed by atoms with Gasteiger partial charge in [0, 0.05) is 27.5 Å². The molecule has 7 aromatic carbocycles. The summed E-state index contributed by atoms with van der Waals surface area (Å²) in [6.45, 7) is 0. The van der Waals surface area contributed by atoms with E-state index in [1.54, 1.807) is 0 Å². The van der Waals surface area contributed by atoms with Crippen molar-refractivity contribution in [1.82, 2.24) is 15.0 Å². The minimum Gasteiger partial charge on any atom is -0.422 e. The average Bonchev–Trinajstić information content (AvgIpc) is 3.21. The van der Waals surface area contributed by atoms with Crippen LogP contribution in [0.3, 0.4) is 0 Å². The summed E-state index contributed by atoms with van der Waals surface area (Å²) in [5.74, 6) is 1.46. The molecule has 0 aliphatic heterocycles. The quantitative estimate of drug-likeness (QED) is 0.132. The van der Waals surface area contributed by atoms with Crippen molar-refractivity contribution in [1.29, 1.82) is 0 Å². The van der Waals surface area contributed by atoms with Gasteiger partial charge in [-0.25, -0.2) is 19.7 Å². The largest absolute Gasteiger partial charge is 0.422 e. The molecule has 5 heteroatoms. The molecule has 240 valence electrons. The smallest absolute Gasteiger partial charge is 0.344 e. The molecule has 0 fully saturated rings. The zero-order chi connectivity index (χ0) is 34.1. The summed E-state index contributed by atoms with van der Waals surface area (Å²) in [6, 6.07) is 58.8. The topological polar surface area (TPSA) is 68.9 Å². The predicted octanol–water partition coefficient (Wildman–Crippen LogP) is 11.1. The molecule has 0 bridgehead atoms. The van der Waals surface area contributed by atoms with Crippen molar-refractivity contribution in [3.05, 3.63) is 186 Å². The Bertz CT molecular complexity index is 2630. The molecule has 0 aliphatic rings. The van der Waals surface area contributed by atoms with Gasteiger partial charge in [-0.3, -0.25) is 0 Å². The monoisotopic (exact) mass is 655 g/mol. The summed E-state index contributed by atoms with van der Waals surface area (Å²) in [6.07, 6.45) is 0. The number of aromatic nitrogens is 3. The fourth-order valence-corrected chi connectivity index (χ4v) is 6.66. The van der Waals surface area contributed by atoms with Crippen LogP contribution in [0.2, 0.25) is 0 Å². The van der Waals surface area contributed by atoms with Crippen molar-refractivity contribution in [3.63, 3.8) is 0 Å². The Balaban J connectivity index is 1.20. The predicted molar refractivity (Wildman–Crippen MR) is 206 cm³/mol. The lowest BCUT2D eigenvalue weighted by Crippen LogP contribution is -2.05. The van der Waals surface area contributed by atoms with Crippen molar-refractivity contribution in [2.75, 3.05) is 0 Å². The summed E-state index contributed by atoms with van der Waals surface area (Å²) in [4.78, 5) is 28.6. The van der Waals surface area contributed by atoms with Crippen LogP contribution in [0.4, 0.5) is 0 Å². The van der Waals surface area contributed by atoms with E-state index >= 15 is 0 Å². The highest BCUT2D eigenvalue weighted by Gasteiger charge is 2.18. The summed E-state index contributed by atoms with van der Waals surface area (Å²) in [7, 11) is 0. The van der Waals surface area contributed by atoms with Crippen molar-refractivity contribution < 1.29 is 4.42 Å². The number of rotatable bonds is 6. The zero-order valence-corrected chi connectivity index (χ0v) is 27.4. The molecule has 0 N–H and O–H groups in total. The summed E-state index contributed by atoms with van der Waals surface area (Å²) in [5.41, 5.74) is 8.83. The van der Waals surface area contributed by atoms with Crippen LogP contribution in [-0.4, -0.2) is 15.0 Å². The molecular weight excluding hydrogens is 627 g/mol. The first-order chi connectivity index (χ1) is 25.2. The van der Waals surface area contributed by atoms with E-state index in [9.17, 15) is 4.79 Å². The standard InChI is InChI=1S/C46H29N3O2/c50-46-42-39(22-13-23-40(42)45-48-43(32-18-9-3-10-19-32)47-44(49-45)33-20-11-4-12-21-33)38-25-24-34(29-41(38)51-46)37-27-35(30-14-5-1-6-15-30)26-36(28-37)31-16-7-2-8-17-31/h1-29H. The molecule has 0 saturated heterocycles. The lowest BCUT2D eigenvalue weighted by atomic mass is 9.92. The van der Waals surface area contributed by atoms with Gasteiger partial charge >= 0.3 is 5.63 Å². The SMILES string of the molecule is O=c1oc2cc(-c3cc(-c4ccccc4)cc(-c4ccccc4)c3)ccc2c2cccc(-c3nc(-c4ccccc4)nc(-c4ccccc4)n3)c12. The Morgan fingerprint density at radius 2 is 0.824 bits per heavy atom. The third-order valence-electron chi connectivity index (χ3n) is 9.16. The maximum absolute atomic E-state index is 14.0. The van der Waals surface area contributed by atoms with Gasteiger partial charge < -0.3 is 4.42 Å². The van der Waals surface area contributed by atoms with E-state index in [1.807, 2.05) is 103 Å². The highest BCUT2D eigenvalue weighted by molar-refractivity contribution is 6.09. The number of benzene rings is 7. The van der Waals surface area contributed by atoms with Crippen molar-refractivity contribution >= 4 is 21.7 Å². The number of hydrogen-bond donors (Lipinski definition) is 0. The lowest BCUT2D eigenvalue weighted by Gasteiger charge is -2.13. The molecule has 9 aromatic rings. The Labute approximate surface area is 294 Å². The molecule has 2 heterocycles. The Morgan fingerprint density at radius 3 is 1.35 bits per heavy atom. The van der Waals surface area contributed by atoms with E-state index in [0.717, 1.165) is 55.3 Å². The Morgan fingerprint density at radius 1 is 0.353 bits per heavy atom. The van der Waals surface area contributed by atoms with Gasteiger partial charge in [0.25, 0.3) is 0 Å². The fourth-order valence-electron chi connectivity index (χ4n) is 6.66. The first-order valence-corrected chi connectivity index (χ1v) is 16.8. The second-order valence-electron chi connectivity index (χ2n) is 12.4. The molecule has 0 aliphatic carbocycles. The van der Waals surface area contributed by atoms with E-state index in [0.29, 0.717) is 34.0 Å². The Kier molecular flexibility index (Phi) is 7.56. The molecule has 0 atom stereocenters. The van der Waals surface area contributed by atoms with E-state index in [4.69, 9.17) is 19.4 Å². The third kappa shape index (κ3) is 5.77. The van der Waals surface area contributed by atoms with Gasteiger partial charge in [-0.1, -0.05) is 146 Å². The summed E-state index contributed by atoms with van der Waals surface area (Å²) >= 11 is 0. The van der Waals surface area contributed by atoms with Crippen LogP contribution < -0.4 is 5.63 Å². The molecular formula is C46H29N3O2. The zero-order valence-electron chi connectivity index (χ0n) is 27.4. The van der Waals surface area contributed by atoms with Crippen molar-refractivity contribution in [2.45, 2.75) is 0 Å². The Hall–Kier alpha value is -6.98. The number of fused-ring (bicyclic) bond motifs is 3. The van der Waals surface area contributed by atoms with Gasteiger partial charge in [-0.05, 0) is 63.7 Å². The minimum atomic E-state index is -0.448. The average molecular weight is 656 g/mol. The normalized spacial score (nSPS) is 11.2. The molecule has 5 nitrogen and oxygen atoms in total. The molecule has 0 amide bonds. The van der Waals surface area contributed by atoms with Gasteiger partial charge in [0.15, 0.2) is 17.5 Å². The van der Waals surface area contributed by atoms with Crippen LogP contribution in [0.15, 0.2) is 185 Å². The van der Waals surface area contributed by atoms with E-state index < -0.39 is 5.63 Å². The lowest BCUT2D eigenvalue weighted by molar-refractivity contribution is 0.570. The van der Waals surface area contributed by atoms with Crippen LogP contribution in [-0.2, 0) is 0 Å². The maximum atomic E-state index is 14.0. The van der Waals surface area contributed by atoms with Gasteiger partial charge in [0.2, 0.25) is 0 Å². The van der Waals surface area contributed by atoms with Gasteiger partial charge in [-0.2, -0.15) is 0 Å². The second kappa shape index (κ2) is 12.8. The second-order valence-corrected chi connectivity index (χ2v) is 12.4. The van der Waals surface area contributed by atoms with Gasteiger partial charge in [-0.15, -0.1) is 0 Å². The van der Waals surface area contributed by atoms with E-state index in [1.165, 1.54) is 0 Å².